The van der Waals surface area contributed by atoms with Gasteiger partial charge >= 0.3 is 38.0 Å². The Bertz CT molecular complexity index is 1030. The van der Waals surface area contributed by atoms with Gasteiger partial charge in [-0.3, -0.25) is 20.4 Å². The molecule has 4 amide bonds. The van der Waals surface area contributed by atoms with Crippen LogP contribution >= 0.6 is 7.94 Å². The van der Waals surface area contributed by atoms with E-state index in [-0.39, 0.29) is 38.6 Å². The molecule has 266 valence electrons. The van der Waals surface area contributed by atoms with Gasteiger partial charge in [-0.1, -0.05) is 0 Å². The second-order valence-corrected chi connectivity index (χ2v) is 14.8. The highest BCUT2D eigenvalue weighted by molar-refractivity contribution is 7.62. The van der Waals surface area contributed by atoms with Crippen LogP contribution < -0.4 is 21.3 Å². The number of hydrogen-bond acceptors (Lipinski definition) is 13. The third-order valence-corrected chi connectivity index (χ3v) is 7.07. The van der Waals surface area contributed by atoms with Gasteiger partial charge in [-0.15, -0.1) is 0 Å². The summed E-state index contributed by atoms with van der Waals surface area (Å²) in [6, 6.07) is -1.31. The van der Waals surface area contributed by atoms with Crippen LogP contribution in [0.2, 0.25) is 0 Å². The molecule has 0 fully saturated rings. The monoisotopic (exact) mass is 682 g/mol. The van der Waals surface area contributed by atoms with Gasteiger partial charge in [0.15, 0.2) is 0 Å². The summed E-state index contributed by atoms with van der Waals surface area (Å²) in [5.41, 5.74) is -2.57. The standard InChI is InChI=1S/C28H52N5O12P/c1-13-41-46(39,42-14-2)20(21(35)40-12)31-19(34)18(30-23(36)43-26(3,4)5)16-15-17-29-22(32-24(37)44-27(6,7)8)33-25(38)45-28(9,10)11/h18,20,39H,13-17H2,1-12H3,(H3-,29,30,31,32,33,34,36,37,38)/p+1. The quantitative estimate of drug-likeness (QED) is 0.0470. The van der Waals surface area contributed by atoms with Crippen molar-refractivity contribution >= 4 is 44.1 Å². The van der Waals surface area contributed by atoms with Gasteiger partial charge < -0.3 is 29.6 Å². The van der Waals surface area contributed by atoms with Crippen molar-refractivity contribution in [3.8, 4) is 0 Å². The number of nitrogens with one attached hydrogen (secondary N) is 4. The minimum atomic E-state index is -3.99. The van der Waals surface area contributed by atoms with E-state index >= 15 is 0 Å². The van der Waals surface area contributed by atoms with Crippen LogP contribution in [0.1, 0.15) is 89.0 Å². The molecule has 0 radical (unpaired) electrons. The Balaban J connectivity index is 6.10. The van der Waals surface area contributed by atoms with Gasteiger partial charge in [-0.25, -0.2) is 19.2 Å². The molecule has 0 spiro atoms. The topological polar surface area (TPSA) is 221 Å². The first-order chi connectivity index (χ1) is 20.9. The van der Waals surface area contributed by atoms with Crippen molar-refractivity contribution in [2.24, 2.45) is 4.99 Å². The van der Waals surface area contributed by atoms with Crippen LogP contribution in [0.5, 0.6) is 0 Å². The number of amides is 4. The summed E-state index contributed by atoms with van der Waals surface area (Å²) >= 11 is 0. The van der Waals surface area contributed by atoms with Crippen molar-refractivity contribution in [1.29, 1.82) is 0 Å². The van der Waals surface area contributed by atoms with Crippen molar-refractivity contribution in [2.75, 3.05) is 26.9 Å². The lowest BCUT2D eigenvalue weighted by atomic mass is 10.1. The Morgan fingerprint density at radius 3 is 1.57 bits per heavy atom. The fourth-order valence-electron chi connectivity index (χ4n) is 3.29. The molecule has 0 heterocycles. The first kappa shape index (κ1) is 42.7. The van der Waals surface area contributed by atoms with Gasteiger partial charge in [0.05, 0.1) is 20.3 Å². The van der Waals surface area contributed by atoms with Crippen LogP contribution in [0.15, 0.2) is 4.99 Å². The molecule has 18 heteroatoms. The first-order valence-electron chi connectivity index (χ1n) is 14.8. The minimum Gasteiger partial charge on any atom is -0.464 e. The molecule has 17 nitrogen and oxygen atoms in total. The van der Waals surface area contributed by atoms with Crippen molar-refractivity contribution in [1.82, 2.24) is 21.3 Å². The molecule has 0 aromatic rings. The number of ether oxygens (including phenoxy) is 4. The number of alkyl carbamates (subject to hydrolysis) is 3. The fourth-order valence-corrected chi connectivity index (χ4v) is 5.07. The zero-order valence-electron chi connectivity index (χ0n) is 29.0. The number of nitrogens with zero attached hydrogens (tertiary/aromatic N) is 1. The van der Waals surface area contributed by atoms with Gasteiger partial charge in [0, 0.05) is 6.54 Å². The number of methoxy groups -OCH3 is 1. The normalized spacial score (nSPS) is 13.3. The molecule has 2 atom stereocenters. The van der Waals surface area contributed by atoms with Crippen LogP contribution in [0.4, 0.5) is 14.4 Å². The Labute approximate surface area is 271 Å². The molecule has 0 aliphatic carbocycles. The summed E-state index contributed by atoms with van der Waals surface area (Å²) in [6.07, 6.45) is -2.68. The minimum absolute atomic E-state index is 0.0395. The highest BCUT2D eigenvalue weighted by atomic mass is 31.2. The zero-order valence-corrected chi connectivity index (χ0v) is 29.9. The third-order valence-electron chi connectivity index (χ3n) is 4.82. The molecule has 46 heavy (non-hydrogen) atoms. The second-order valence-electron chi connectivity index (χ2n) is 12.7. The summed E-state index contributed by atoms with van der Waals surface area (Å²) < 4.78 is 31.2. The van der Waals surface area contributed by atoms with E-state index in [4.69, 9.17) is 28.0 Å². The van der Waals surface area contributed by atoms with Gasteiger partial charge in [0.1, 0.15) is 22.8 Å². The molecule has 0 saturated heterocycles. The molecular formula is C28H53N5O12P+. The van der Waals surface area contributed by atoms with Crippen molar-refractivity contribution < 1.29 is 56.9 Å². The van der Waals surface area contributed by atoms with Gasteiger partial charge in [0.2, 0.25) is 11.9 Å². The average molecular weight is 683 g/mol. The Hall–Kier alpha value is -3.27. The second kappa shape index (κ2) is 18.8. The number of carbonyl (C=O) groups excluding carboxylic acids is 5. The lowest BCUT2D eigenvalue weighted by Gasteiger charge is -2.26. The van der Waals surface area contributed by atoms with Gasteiger partial charge in [-0.2, -0.15) is 13.9 Å². The van der Waals surface area contributed by atoms with E-state index in [9.17, 15) is 28.9 Å². The Kier molecular flexibility index (Phi) is 17.4. The molecule has 0 aliphatic heterocycles. The van der Waals surface area contributed by atoms with Crippen molar-refractivity contribution in [3.63, 3.8) is 0 Å². The number of rotatable bonds is 13. The van der Waals surface area contributed by atoms with Crippen LogP contribution in [-0.4, -0.2) is 96.5 Å². The smallest absolute Gasteiger partial charge is 0.445 e. The SMILES string of the molecule is CCO[P+](O)(OCC)C(NC(=O)C(CCCN=C(NC(=O)OC(C)(C)C)NC(=O)OC(C)(C)C)NC(=O)OC(C)(C)C)C(=O)OC. The van der Waals surface area contributed by atoms with E-state index in [2.05, 4.69) is 26.3 Å². The molecule has 2 unspecified atom stereocenters. The summed E-state index contributed by atoms with van der Waals surface area (Å²) in [4.78, 5) is 78.6. The average Bonchev–Trinajstić information content (AvgIpc) is 2.85. The van der Waals surface area contributed by atoms with Crippen molar-refractivity contribution in [3.05, 3.63) is 0 Å². The maximum atomic E-state index is 13.4. The molecule has 5 N–H and O–H groups in total. The fraction of sp³-hybridized carbons (Fsp3) is 0.786. The molecule has 0 bridgehead atoms. The highest BCUT2D eigenvalue weighted by Crippen LogP contribution is 2.60. The summed E-state index contributed by atoms with van der Waals surface area (Å²) in [5, 5.41) is 9.52. The summed E-state index contributed by atoms with van der Waals surface area (Å²) in [6.45, 7) is 17.8. The molecule has 0 aromatic heterocycles. The van der Waals surface area contributed by atoms with E-state index in [1.165, 1.54) is 0 Å². The summed E-state index contributed by atoms with van der Waals surface area (Å²) in [5.74, 6) is -3.92. The molecule has 0 aliphatic rings. The van der Waals surface area contributed by atoms with Crippen LogP contribution in [0.3, 0.4) is 0 Å². The third kappa shape index (κ3) is 18.6. The van der Waals surface area contributed by atoms with Crippen molar-refractivity contribution in [2.45, 2.75) is 118 Å². The van der Waals surface area contributed by atoms with E-state index in [1.807, 2.05) is 0 Å². The van der Waals surface area contributed by atoms with Crippen LogP contribution in [-0.2, 0) is 37.6 Å². The lowest BCUT2D eigenvalue weighted by Crippen LogP contribution is -2.53. The maximum Gasteiger partial charge on any atom is 0.445 e. The van der Waals surface area contributed by atoms with E-state index < -0.39 is 66.7 Å². The number of hydrogen-bond donors (Lipinski definition) is 5. The zero-order chi connectivity index (χ0) is 35.9. The van der Waals surface area contributed by atoms with E-state index in [1.54, 1.807) is 76.2 Å². The predicted octanol–water partition coefficient (Wildman–Crippen LogP) is 3.51. The Morgan fingerprint density at radius 2 is 1.17 bits per heavy atom. The first-order valence-corrected chi connectivity index (χ1v) is 16.4. The van der Waals surface area contributed by atoms with E-state index in [0.29, 0.717) is 0 Å². The van der Waals surface area contributed by atoms with E-state index in [0.717, 1.165) is 7.11 Å². The Morgan fingerprint density at radius 1 is 0.739 bits per heavy atom. The summed E-state index contributed by atoms with van der Waals surface area (Å²) in [7, 11) is -2.93. The van der Waals surface area contributed by atoms with Crippen LogP contribution in [0, 0.1) is 0 Å². The highest BCUT2D eigenvalue weighted by Gasteiger charge is 2.57. The maximum absolute atomic E-state index is 13.4. The molecular weight excluding hydrogens is 629 g/mol. The number of carbonyl (C=O) groups is 5. The lowest BCUT2D eigenvalue weighted by molar-refractivity contribution is -0.143. The molecule has 0 saturated carbocycles. The largest absolute Gasteiger partial charge is 0.464 e. The predicted molar refractivity (Wildman–Crippen MR) is 170 cm³/mol. The van der Waals surface area contributed by atoms with Gasteiger partial charge in [0.25, 0.3) is 0 Å². The number of aliphatic imine (C=N–C) groups is 1. The molecule has 0 rings (SSSR count). The molecule has 0 aromatic carbocycles. The van der Waals surface area contributed by atoms with Crippen LogP contribution in [0.25, 0.3) is 0 Å². The number of guanidine groups is 1. The van der Waals surface area contributed by atoms with Gasteiger partial charge in [-0.05, 0) is 89.0 Å². The number of esters is 1.